The van der Waals surface area contributed by atoms with Crippen LogP contribution in [-0.4, -0.2) is 49.4 Å². The molecule has 6 nitrogen and oxygen atoms in total. The molecule has 32 heavy (non-hydrogen) atoms. The second kappa shape index (κ2) is 14.1. The average Bonchev–Trinajstić information content (AvgIpc) is 2.81. The number of halogens is 2. The lowest BCUT2D eigenvalue weighted by Gasteiger charge is -2.25. The van der Waals surface area contributed by atoms with E-state index in [0.29, 0.717) is 72.6 Å². The molecule has 8 heteroatoms. The highest BCUT2D eigenvalue weighted by Crippen LogP contribution is 2.27. The van der Waals surface area contributed by atoms with Gasteiger partial charge in [0.1, 0.15) is 17.9 Å². The van der Waals surface area contributed by atoms with Gasteiger partial charge in [-0.25, -0.2) is 0 Å². The summed E-state index contributed by atoms with van der Waals surface area (Å²) in [5.74, 6) is -0.0464. The van der Waals surface area contributed by atoms with E-state index in [0.717, 1.165) is 6.29 Å². The topological polar surface area (TPSA) is 89.9 Å². The molecule has 0 radical (unpaired) electrons. The van der Waals surface area contributed by atoms with E-state index in [1.54, 1.807) is 48.5 Å². The number of carbonyl (C=O) groups is 3. The van der Waals surface area contributed by atoms with Crippen LogP contribution < -0.4 is 0 Å². The summed E-state index contributed by atoms with van der Waals surface area (Å²) in [6.45, 7) is 2.03. The average molecular weight is 481 g/mol. The zero-order valence-electron chi connectivity index (χ0n) is 17.5. The quantitative estimate of drug-likeness (QED) is 0.650. The van der Waals surface area contributed by atoms with Gasteiger partial charge >= 0.3 is 0 Å². The van der Waals surface area contributed by atoms with Gasteiger partial charge in [-0.05, 0) is 29.8 Å². The third-order valence-corrected chi connectivity index (χ3v) is 5.36. The Balaban J connectivity index is 0.000000191. The minimum Gasteiger partial charge on any atom is -0.388 e. The van der Waals surface area contributed by atoms with Crippen LogP contribution in [0, 0.1) is 5.92 Å². The van der Waals surface area contributed by atoms with Crippen LogP contribution in [0.2, 0.25) is 10.0 Å². The number of hydrogen-bond donors (Lipinski definition) is 1. The second-order valence-electron chi connectivity index (χ2n) is 7.21. The third-order valence-electron chi connectivity index (χ3n) is 4.85. The summed E-state index contributed by atoms with van der Waals surface area (Å²) >= 11 is 11.3. The molecule has 0 saturated carbocycles. The molecule has 0 unspecified atom stereocenters. The first-order valence-electron chi connectivity index (χ1n) is 10.2. The molecule has 172 valence electrons. The maximum atomic E-state index is 11.6. The summed E-state index contributed by atoms with van der Waals surface area (Å²) in [5.41, 5.74) is 1.35. The van der Waals surface area contributed by atoms with Crippen molar-refractivity contribution in [2.75, 3.05) is 26.4 Å². The molecule has 1 N–H and O–H groups in total. The predicted octanol–water partition coefficient (Wildman–Crippen LogP) is 4.50. The normalized spacial score (nSPS) is 19.0. The number of carbonyl (C=O) groups excluding carboxylic acids is 3. The van der Waals surface area contributed by atoms with Gasteiger partial charge in [0.15, 0.2) is 0 Å². The smallest absolute Gasteiger partial charge is 0.150 e. The fraction of sp³-hybridized carbons (Fsp3) is 0.375. The number of aliphatic hydroxyl groups is 1. The monoisotopic (exact) mass is 480 g/mol. The highest BCUT2D eigenvalue weighted by atomic mass is 35.5. The lowest BCUT2D eigenvalue weighted by molar-refractivity contribution is -0.136. The molecular formula is C24H26Cl2O6. The van der Waals surface area contributed by atoms with Gasteiger partial charge in [-0.1, -0.05) is 47.5 Å². The van der Waals surface area contributed by atoms with Crippen molar-refractivity contribution < 1.29 is 29.0 Å². The van der Waals surface area contributed by atoms with Crippen LogP contribution >= 0.6 is 23.2 Å². The van der Waals surface area contributed by atoms with E-state index < -0.39 is 12.0 Å². The molecule has 4 rings (SSSR count). The zero-order valence-corrected chi connectivity index (χ0v) is 19.1. The summed E-state index contributed by atoms with van der Waals surface area (Å²) in [4.78, 5) is 32.1. The van der Waals surface area contributed by atoms with Crippen molar-refractivity contribution in [3.05, 3.63) is 69.7 Å². The molecule has 2 atom stereocenters. The van der Waals surface area contributed by atoms with E-state index >= 15 is 0 Å². The molecule has 2 aromatic rings. The number of ether oxygens (including phenoxy) is 2. The predicted molar refractivity (Wildman–Crippen MR) is 122 cm³/mol. The van der Waals surface area contributed by atoms with Crippen molar-refractivity contribution in [3.8, 4) is 0 Å². The molecule has 0 amide bonds. The van der Waals surface area contributed by atoms with E-state index in [1.807, 2.05) is 0 Å². The number of hydrogen-bond acceptors (Lipinski definition) is 6. The molecule has 2 heterocycles. The maximum absolute atomic E-state index is 11.6. The number of ketones is 2. The minimum absolute atomic E-state index is 0.0636. The number of rotatable bonds is 3. The molecule has 2 saturated heterocycles. The molecule has 0 bridgehead atoms. The van der Waals surface area contributed by atoms with Crippen LogP contribution in [0.1, 0.15) is 41.3 Å². The van der Waals surface area contributed by atoms with Crippen LogP contribution in [-0.2, 0) is 19.1 Å². The number of Topliss-reactive ketones (excluding diaryl/α,β-unsaturated/α-hetero) is 2. The lowest BCUT2D eigenvalue weighted by atomic mass is 9.90. The lowest BCUT2D eigenvalue weighted by Crippen LogP contribution is -2.32. The maximum Gasteiger partial charge on any atom is 0.150 e. The Bertz CT molecular complexity index is 859. The number of aliphatic hydroxyl groups excluding tert-OH is 1. The summed E-state index contributed by atoms with van der Waals surface area (Å²) in [5, 5.41) is 11.3. The SMILES string of the molecule is O=C1CCOCC1.O=C1CCOC[C@H]1[C@@H](O)c1ccc(Cl)cc1.O=Cc1ccc(Cl)cc1. The number of aldehydes is 1. The molecule has 2 aliphatic rings. The van der Waals surface area contributed by atoms with Gasteiger partial charge in [-0.15, -0.1) is 0 Å². The van der Waals surface area contributed by atoms with Crippen LogP contribution in [0.5, 0.6) is 0 Å². The Morgan fingerprint density at radius 3 is 1.84 bits per heavy atom. The van der Waals surface area contributed by atoms with Gasteiger partial charge in [0, 0.05) is 34.9 Å². The van der Waals surface area contributed by atoms with Gasteiger partial charge in [0.05, 0.1) is 38.4 Å². The number of benzene rings is 2. The van der Waals surface area contributed by atoms with E-state index in [2.05, 4.69) is 0 Å². The first-order chi connectivity index (χ1) is 15.4. The Morgan fingerprint density at radius 1 is 0.844 bits per heavy atom. The van der Waals surface area contributed by atoms with Gasteiger partial charge in [0.2, 0.25) is 0 Å². The Hall–Kier alpha value is -2.09. The molecule has 2 aliphatic heterocycles. The first kappa shape index (κ1) is 26.2. The van der Waals surface area contributed by atoms with Crippen LogP contribution in [0.15, 0.2) is 48.5 Å². The van der Waals surface area contributed by atoms with Crippen molar-refractivity contribution in [2.45, 2.75) is 25.4 Å². The Morgan fingerprint density at radius 2 is 1.38 bits per heavy atom. The van der Waals surface area contributed by atoms with Gasteiger partial charge in [-0.3, -0.25) is 14.4 Å². The van der Waals surface area contributed by atoms with Crippen molar-refractivity contribution in [1.82, 2.24) is 0 Å². The molecule has 0 aliphatic carbocycles. The van der Waals surface area contributed by atoms with Crippen molar-refractivity contribution >= 4 is 41.1 Å². The largest absolute Gasteiger partial charge is 0.388 e. The molecule has 0 aromatic heterocycles. The summed E-state index contributed by atoms with van der Waals surface area (Å²) in [6.07, 6.45) is 1.62. The summed E-state index contributed by atoms with van der Waals surface area (Å²) in [6, 6.07) is 13.6. The highest BCUT2D eigenvalue weighted by molar-refractivity contribution is 6.30. The highest BCUT2D eigenvalue weighted by Gasteiger charge is 2.30. The van der Waals surface area contributed by atoms with E-state index in [9.17, 15) is 19.5 Å². The van der Waals surface area contributed by atoms with E-state index in [4.69, 9.17) is 32.7 Å². The fourth-order valence-corrected chi connectivity index (χ4v) is 3.21. The Kier molecular flexibility index (Phi) is 11.6. The fourth-order valence-electron chi connectivity index (χ4n) is 2.96. The Labute approximate surface area is 197 Å². The second-order valence-corrected chi connectivity index (χ2v) is 8.09. The van der Waals surface area contributed by atoms with Gasteiger partial charge < -0.3 is 14.6 Å². The standard InChI is InChI=1S/C12H13ClO3.C7H5ClO.C5H8O2/c13-9-3-1-8(2-4-9)12(15)10-7-16-6-5-11(10)14;8-7-3-1-6(5-9)2-4-7;6-5-1-3-7-4-2-5/h1-4,10,12,15H,5-7H2;1-5H;1-4H2/t10-,12+;;/m1../s1. The first-order valence-corrected chi connectivity index (χ1v) is 11.0. The summed E-state index contributed by atoms with van der Waals surface area (Å²) in [7, 11) is 0. The minimum atomic E-state index is -0.801. The summed E-state index contributed by atoms with van der Waals surface area (Å²) < 4.78 is 10.1. The van der Waals surface area contributed by atoms with E-state index in [-0.39, 0.29) is 5.78 Å². The molecule has 2 fully saturated rings. The van der Waals surface area contributed by atoms with Crippen LogP contribution in [0.25, 0.3) is 0 Å². The molecule has 2 aromatic carbocycles. The van der Waals surface area contributed by atoms with Gasteiger partial charge in [0.25, 0.3) is 0 Å². The van der Waals surface area contributed by atoms with Gasteiger partial charge in [-0.2, -0.15) is 0 Å². The zero-order chi connectivity index (χ0) is 23.3. The third kappa shape index (κ3) is 9.18. The van der Waals surface area contributed by atoms with Crippen molar-refractivity contribution in [2.24, 2.45) is 5.92 Å². The van der Waals surface area contributed by atoms with Crippen LogP contribution in [0.4, 0.5) is 0 Å². The van der Waals surface area contributed by atoms with E-state index in [1.165, 1.54) is 0 Å². The van der Waals surface area contributed by atoms with Crippen molar-refractivity contribution in [3.63, 3.8) is 0 Å². The van der Waals surface area contributed by atoms with Crippen molar-refractivity contribution in [1.29, 1.82) is 0 Å². The molecule has 0 spiro atoms. The van der Waals surface area contributed by atoms with Crippen LogP contribution in [0.3, 0.4) is 0 Å². The molecular weight excluding hydrogens is 455 g/mol.